The molecule has 0 unspecified atom stereocenters. The first-order valence-electron chi connectivity index (χ1n) is 10.5. The Morgan fingerprint density at radius 1 is 1.40 bits per heavy atom. The maximum absolute atomic E-state index is 15.4. The number of halogens is 2. The number of rotatable bonds is 9. The maximum Gasteiger partial charge on any atom is 0.407 e. The van der Waals surface area contributed by atoms with Gasteiger partial charge in [-0.05, 0) is 47.6 Å². The van der Waals surface area contributed by atoms with E-state index >= 15 is 4.39 Å². The molecule has 2 aromatic heterocycles. The molecule has 14 heteroatoms. The van der Waals surface area contributed by atoms with Crippen molar-refractivity contribution in [3.63, 3.8) is 0 Å². The highest BCUT2D eigenvalue weighted by Gasteiger charge is 2.44. The number of aryl methyl sites for hydroxylation is 1. The molecule has 4 N–H and O–H groups in total. The van der Waals surface area contributed by atoms with E-state index in [-0.39, 0.29) is 16.3 Å². The first-order chi connectivity index (χ1) is 16.7. The van der Waals surface area contributed by atoms with Gasteiger partial charge in [-0.1, -0.05) is 11.6 Å². The lowest BCUT2D eigenvalue weighted by Gasteiger charge is -2.17. The highest BCUT2D eigenvalue weighted by molar-refractivity contribution is 7.96. The molecule has 1 fully saturated rings. The molecule has 0 spiro atoms. The van der Waals surface area contributed by atoms with Crippen molar-refractivity contribution >= 4 is 41.3 Å². The summed E-state index contributed by atoms with van der Waals surface area (Å²) in [6, 6.07) is 4.52. The number of aromatic nitrogens is 4. The smallest absolute Gasteiger partial charge is 0.407 e. The molecule has 0 atom stereocenters. The summed E-state index contributed by atoms with van der Waals surface area (Å²) < 4.78 is 22.3. The fraction of sp³-hybridized carbons (Fsp3) is 0.333. The standard InChI is InChI=1S/C21H24ClFN8O3S/c1-30-10-14(18(29-30)13-8-12(22)9-16(17(13)23)28-31(33)35-3)15-4-7-24-19(26-15)25-11-21(5-6-21)27-20(32)34-2/h4,7-10,28,33H,5-6,11H2,1-3H3,(H,27,32)(H,24,25,26). The number of amides is 1. The summed E-state index contributed by atoms with van der Waals surface area (Å²) in [6.07, 6.45) is 6.05. The minimum atomic E-state index is -0.639. The Labute approximate surface area is 210 Å². The highest BCUT2D eigenvalue weighted by atomic mass is 35.5. The Balaban J connectivity index is 1.63. The van der Waals surface area contributed by atoms with E-state index in [1.165, 1.54) is 19.2 Å². The van der Waals surface area contributed by atoms with E-state index < -0.39 is 17.4 Å². The molecule has 0 radical (unpaired) electrons. The predicted molar refractivity (Wildman–Crippen MR) is 131 cm³/mol. The number of carbonyl (C=O) groups excluding carboxylic acids is 1. The first-order valence-corrected chi connectivity index (χ1v) is 12.1. The van der Waals surface area contributed by atoms with E-state index in [0.29, 0.717) is 34.0 Å². The van der Waals surface area contributed by atoms with Gasteiger partial charge in [-0.15, -0.1) is 0 Å². The van der Waals surface area contributed by atoms with Crippen LogP contribution < -0.4 is 16.1 Å². The summed E-state index contributed by atoms with van der Waals surface area (Å²) in [5.41, 5.74) is 3.64. The van der Waals surface area contributed by atoms with Gasteiger partial charge in [0.05, 0.1) is 24.0 Å². The minimum Gasteiger partial charge on any atom is -0.453 e. The van der Waals surface area contributed by atoms with Gasteiger partial charge < -0.3 is 15.4 Å². The zero-order valence-corrected chi connectivity index (χ0v) is 20.7. The first kappa shape index (κ1) is 25.0. The molecule has 0 bridgehead atoms. The normalized spacial score (nSPS) is 14.0. The van der Waals surface area contributed by atoms with Crippen molar-refractivity contribution in [3.05, 3.63) is 41.4 Å². The van der Waals surface area contributed by atoms with E-state index in [2.05, 4.69) is 35.9 Å². The van der Waals surface area contributed by atoms with Crippen molar-refractivity contribution in [1.29, 1.82) is 0 Å². The number of hydrogen-bond donors (Lipinski definition) is 4. The molecular weight excluding hydrogens is 499 g/mol. The summed E-state index contributed by atoms with van der Waals surface area (Å²) in [7, 11) is 3.04. The summed E-state index contributed by atoms with van der Waals surface area (Å²) in [4.78, 5) is 20.4. The van der Waals surface area contributed by atoms with Crippen LogP contribution in [-0.4, -0.2) is 61.1 Å². The molecule has 1 saturated carbocycles. The van der Waals surface area contributed by atoms with Crippen molar-refractivity contribution < 1.29 is 19.1 Å². The van der Waals surface area contributed by atoms with Crippen molar-refractivity contribution in [2.45, 2.75) is 18.4 Å². The third-order valence-electron chi connectivity index (χ3n) is 5.43. The number of carbonyl (C=O) groups is 1. The lowest BCUT2D eigenvalue weighted by atomic mass is 10.0. The van der Waals surface area contributed by atoms with Crippen LogP contribution in [0.3, 0.4) is 0 Å². The molecule has 4 rings (SSSR count). The average molecular weight is 523 g/mol. The molecule has 1 aromatic carbocycles. The quantitative estimate of drug-likeness (QED) is 0.242. The second kappa shape index (κ2) is 10.2. The van der Waals surface area contributed by atoms with Crippen LogP contribution in [0.4, 0.5) is 20.8 Å². The molecular formula is C21H24ClFN8O3S. The summed E-state index contributed by atoms with van der Waals surface area (Å²) in [6.45, 7) is 0.427. The molecule has 1 amide bonds. The SMILES string of the molecule is COC(=O)NC1(CNc2nccc(-c3cn(C)nc3-c3cc(Cl)cc(NN(O)SC)c3F)n2)CC1. The monoisotopic (exact) mass is 522 g/mol. The number of hydrogen-bond acceptors (Lipinski definition) is 10. The predicted octanol–water partition coefficient (Wildman–Crippen LogP) is 3.93. The number of methoxy groups -OCH3 is 1. The Bertz CT molecular complexity index is 1240. The van der Waals surface area contributed by atoms with E-state index in [1.54, 1.807) is 36.4 Å². The van der Waals surface area contributed by atoms with Gasteiger partial charge in [-0.25, -0.2) is 19.2 Å². The van der Waals surface area contributed by atoms with Crippen LogP contribution in [0.5, 0.6) is 0 Å². The number of anilines is 2. The zero-order chi connectivity index (χ0) is 25.2. The maximum atomic E-state index is 15.4. The minimum absolute atomic E-state index is 0.0150. The van der Waals surface area contributed by atoms with Crippen molar-refractivity contribution in [2.75, 3.05) is 30.7 Å². The van der Waals surface area contributed by atoms with Gasteiger partial charge in [0.1, 0.15) is 5.69 Å². The molecule has 2 heterocycles. The van der Waals surface area contributed by atoms with Crippen LogP contribution in [0, 0.1) is 5.82 Å². The third-order valence-corrected chi connectivity index (χ3v) is 6.09. The Morgan fingerprint density at radius 3 is 2.86 bits per heavy atom. The number of hydrazine groups is 1. The average Bonchev–Trinajstić information content (AvgIpc) is 3.50. The fourth-order valence-electron chi connectivity index (χ4n) is 3.47. The van der Waals surface area contributed by atoms with Gasteiger partial charge >= 0.3 is 6.09 Å². The fourth-order valence-corrected chi connectivity index (χ4v) is 3.88. The van der Waals surface area contributed by atoms with Gasteiger partial charge in [0, 0.05) is 48.4 Å². The van der Waals surface area contributed by atoms with Crippen molar-refractivity contribution in [2.24, 2.45) is 7.05 Å². The zero-order valence-electron chi connectivity index (χ0n) is 19.2. The Hall–Kier alpha value is -3.13. The lowest BCUT2D eigenvalue weighted by molar-refractivity contribution is 0.0440. The van der Waals surface area contributed by atoms with Crippen LogP contribution >= 0.6 is 23.5 Å². The van der Waals surface area contributed by atoms with Gasteiger partial charge in [0.25, 0.3) is 0 Å². The van der Waals surface area contributed by atoms with Gasteiger partial charge in [-0.2, -0.15) is 5.10 Å². The van der Waals surface area contributed by atoms with Gasteiger partial charge in [0.15, 0.2) is 5.82 Å². The molecule has 0 saturated heterocycles. The van der Waals surface area contributed by atoms with Crippen LogP contribution in [-0.2, 0) is 11.8 Å². The largest absolute Gasteiger partial charge is 0.453 e. The molecule has 35 heavy (non-hydrogen) atoms. The topological polar surface area (TPSA) is 129 Å². The van der Waals surface area contributed by atoms with Crippen LogP contribution in [0.1, 0.15) is 12.8 Å². The molecule has 1 aliphatic rings. The van der Waals surface area contributed by atoms with E-state index in [0.717, 1.165) is 24.8 Å². The van der Waals surface area contributed by atoms with E-state index in [4.69, 9.17) is 11.6 Å². The lowest BCUT2D eigenvalue weighted by Crippen LogP contribution is -2.42. The van der Waals surface area contributed by atoms with E-state index in [9.17, 15) is 10.0 Å². The summed E-state index contributed by atoms with van der Waals surface area (Å²) >= 11 is 7.19. The Kier molecular flexibility index (Phi) is 7.31. The van der Waals surface area contributed by atoms with Gasteiger partial charge in [0.2, 0.25) is 5.95 Å². The second-order valence-corrected chi connectivity index (χ2v) is 9.11. The molecule has 11 nitrogen and oxygen atoms in total. The van der Waals surface area contributed by atoms with Crippen molar-refractivity contribution in [1.82, 2.24) is 29.6 Å². The number of nitrogens with zero attached hydrogens (tertiary/aromatic N) is 5. The third kappa shape index (κ3) is 5.75. The van der Waals surface area contributed by atoms with Crippen LogP contribution in [0.15, 0.2) is 30.6 Å². The number of alkyl carbamates (subject to hydrolysis) is 1. The highest BCUT2D eigenvalue weighted by Crippen LogP contribution is 2.37. The van der Waals surface area contributed by atoms with E-state index in [1.807, 2.05) is 0 Å². The van der Waals surface area contributed by atoms with Crippen LogP contribution in [0.25, 0.3) is 22.5 Å². The number of ether oxygens (including phenoxy) is 1. The molecule has 0 aliphatic heterocycles. The molecule has 1 aliphatic carbocycles. The second-order valence-electron chi connectivity index (χ2n) is 7.96. The Morgan fingerprint density at radius 2 is 2.17 bits per heavy atom. The van der Waals surface area contributed by atoms with Crippen molar-refractivity contribution in [3.8, 4) is 22.5 Å². The summed E-state index contributed by atoms with van der Waals surface area (Å²) in [5.74, 6) is -0.292. The summed E-state index contributed by atoms with van der Waals surface area (Å²) in [5, 5.41) is 20.4. The van der Waals surface area contributed by atoms with Gasteiger partial charge in [-0.3, -0.25) is 15.3 Å². The number of nitrogens with one attached hydrogen (secondary N) is 3. The molecule has 3 aromatic rings. The van der Waals surface area contributed by atoms with Crippen LogP contribution in [0.2, 0.25) is 5.02 Å². The number of benzene rings is 1. The molecule has 186 valence electrons.